The van der Waals surface area contributed by atoms with Gasteiger partial charge in [-0.05, 0) is 50.3 Å². The molecular formula is C22H23N3O2S2. The van der Waals surface area contributed by atoms with E-state index in [-0.39, 0.29) is 17.2 Å². The molecule has 0 saturated carbocycles. The number of nitrogens with zero attached hydrogens (tertiary/aromatic N) is 2. The summed E-state index contributed by atoms with van der Waals surface area (Å²) in [6.45, 7) is 6.17. The highest BCUT2D eigenvalue weighted by Crippen LogP contribution is 2.34. The molecule has 1 aliphatic rings. The number of aromatic nitrogens is 2. The van der Waals surface area contributed by atoms with E-state index in [9.17, 15) is 9.59 Å². The number of carbonyl (C=O) groups excluding carboxylic acids is 1. The Morgan fingerprint density at radius 1 is 1.31 bits per heavy atom. The molecule has 29 heavy (non-hydrogen) atoms. The van der Waals surface area contributed by atoms with Crippen molar-refractivity contribution in [2.24, 2.45) is 0 Å². The number of rotatable bonds is 6. The molecule has 0 fully saturated rings. The summed E-state index contributed by atoms with van der Waals surface area (Å²) < 4.78 is 1.64. The molecule has 0 saturated heterocycles. The van der Waals surface area contributed by atoms with Gasteiger partial charge in [0.1, 0.15) is 4.83 Å². The molecule has 0 atom stereocenters. The van der Waals surface area contributed by atoms with Crippen molar-refractivity contribution in [1.29, 1.82) is 0 Å². The lowest BCUT2D eigenvalue weighted by molar-refractivity contribution is -0.113. The second-order valence-electron chi connectivity index (χ2n) is 7.19. The standard InChI is InChI=1S/C22H23N3O2S2/c1-3-12-25-21(27)19-16-6-4-5-7-17(16)29-20(19)24-22(25)28-13-18(26)23-15-10-8-14(2)9-11-15/h3,8-11H,1,4-7,12-13H2,2H3,(H,23,26). The first-order valence-corrected chi connectivity index (χ1v) is 11.5. The molecule has 5 nitrogen and oxygen atoms in total. The minimum atomic E-state index is -0.121. The molecule has 1 N–H and O–H groups in total. The summed E-state index contributed by atoms with van der Waals surface area (Å²) in [7, 11) is 0. The van der Waals surface area contributed by atoms with Crippen LogP contribution in [0.1, 0.15) is 28.8 Å². The maximum Gasteiger partial charge on any atom is 0.263 e. The zero-order valence-corrected chi connectivity index (χ0v) is 18.0. The molecule has 1 amide bonds. The average Bonchev–Trinajstić information content (AvgIpc) is 3.09. The molecule has 0 bridgehead atoms. The summed E-state index contributed by atoms with van der Waals surface area (Å²) in [5.74, 6) is 0.0671. The zero-order chi connectivity index (χ0) is 20.4. The molecule has 150 valence electrons. The lowest BCUT2D eigenvalue weighted by atomic mass is 9.97. The number of hydrogen-bond donors (Lipinski definition) is 1. The van der Waals surface area contributed by atoms with E-state index in [1.165, 1.54) is 28.6 Å². The molecule has 2 heterocycles. The van der Waals surface area contributed by atoms with Crippen LogP contribution in [0.5, 0.6) is 0 Å². The first kappa shape index (κ1) is 19.9. The predicted octanol–water partition coefficient (Wildman–Crippen LogP) is 4.56. The summed E-state index contributed by atoms with van der Waals surface area (Å²) in [6.07, 6.45) is 5.96. The summed E-state index contributed by atoms with van der Waals surface area (Å²) in [6, 6.07) is 7.68. The van der Waals surface area contributed by atoms with Gasteiger partial charge in [-0.15, -0.1) is 17.9 Å². The van der Waals surface area contributed by atoms with Gasteiger partial charge >= 0.3 is 0 Å². The number of allylic oxidation sites excluding steroid dienone is 1. The fourth-order valence-corrected chi connectivity index (χ4v) is 5.70. The molecular weight excluding hydrogens is 402 g/mol. The van der Waals surface area contributed by atoms with Gasteiger partial charge < -0.3 is 5.32 Å². The molecule has 1 aliphatic carbocycles. The largest absolute Gasteiger partial charge is 0.325 e. The predicted molar refractivity (Wildman–Crippen MR) is 121 cm³/mol. The number of anilines is 1. The molecule has 2 aromatic heterocycles. The van der Waals surface area contributed by atoms with Gasteiger partial charge in [0.05, 0.1) is 11.1 Å². The van der Waals surface area contributed by atoms with E-state index in [0.717, 1.165) is 40.7 Å². The van der Waals surface area contributed by atoms with Crippen LogP contribution in [-0.2, 0) is 24.2 Å². The Morgan fingerprint density at radius 2 is 2.07 bits per heavy atom. The first-order chi connectivity index (χ1) is 14.1. The Kier molecular flexibility index (Phi) is 5.87. The number of carbonyl (C=O) groups is 1. The van der Waals surface area contributed by atoms with Crippen molar-refractivity contribution < 1.29 is 4.79 Å². The maximum atomic E-state index is 13.2. The van der Waals surface area contributed by atoms with Crippen LogP contribution in [0.15, 0.2) is 46.9 Å². The molecule has 3 aromatic rings. The van der Waals surface area contributed by atoms with Crippen molar-refractivity contribution >= 4 is 44.9 Å². The number of fused-ring (bicyclic) bond motifs is 3. The highest BCUT2D eigenvalue weighted by Gasteiger charge is 2.22. The Bertz CT molecular complexity index is 1130. The van der Waals surface area contributed by atoms with Gasteiger partial charge in [0, 0.05) is 17.1 Å². The third-order valence-electron chi connectivity index (χ3n) is 5.02. The van der Waals surface area contributed by atoms with E-state index < -0.39 is 0 Å². The lowest BCUT2D eigenvalue weighted by Crippen LogP contribution is -2.24. The van der Waals surface area contributed by atoms with Crippen LogP contribution in [-0.4, -0.2) is 21.2 Å². The van der Waals surface area contributed by atoms with E-state index in [1.54, 1.807) is 22.0 Å². The number of aryl methyl sites for hydroxylation is 3. The maximum absolute atomic E-state index is 13.2. The van der Waals surface area contributed by atoms with Crippen LogP contribution in [0.25, 0.3) is 10.2 Å². The van der Waals surface area contributed by atoms with Gasteiger partial charge in [-0.1, -0.05) is 35.5 Å². The lowest BCUT2D eigenvalue weighted by Gasteiger charge is -2.12. The molecule has 1 aromatic carbocycles. The van der Waals surface area contributed by atoms with E-state index in [2.05, 4.69) is 11.9 Å². The van der Waals surface area contributed by atoms with Crippen molar-refractivity contribution in [2.75, 3.05) is 11.1 Å². The van der Waals surface area contributed by atoms with Crippen LogP contribution in [0.4, 0.5) is 5.69 Å². The van der Waals surface area contributed by atoms with Crippen molar-refractivity contribution in [2.45, 2.75) is 44.3 Å². The van der Waals surface area contributed by atoms with Crippen LogP contribution in [0.3, 0.4) is 0 Å². The normalized spacial score (nSPS) is 13.3. The topological polar surface area (TPSA) is 64.0 Å². The highest BCUT2D eigenvalue weighted by molar-refractivity contribution is 7.99. The second-order valence-corrected chi connectivity index (χ2v) is 9.22. The van der Waals surface area contributed by atoms with Crippen LogP contribution in [0, 0.1) is 6.92 Å². The van der Waals surface area contributed by atoms with E-state index >= 15 is 0 Å². The smallest absolute Gasteiger partial charge is 0.263 e. The Hall–Kier alpha value is -2.38. The van der Waals surface area contributed by atoms with Crippen LogP contribution < -0.4 is 10.9 Å². The summed E-state index contributed by atoms with van der Waals surface area (Å²) in [5, 5.41) is 4.22. The Balaban J connectivity index is 1.59. The third kappa shape index (κ3) is 4.16. The molecule has 0 spiro atoms. The van der Waals surface area contributed by atoms with E-state index in [1.807, 2.05) is 31.2 Å². The molecule has 0 unspecified atom stereocenters. The Morgan fingerprint density at radius 3 is 2.83 bits per heavy atom. The number of nitrogens with one attached hydrogen (secondary N) is 1. The quantitative estimate of drug-likeness (QED) is 0.357. The summed E-state index contributed by atoms with van der Waals surface area (Å²) in [5.41, 5.74) is 3.07. The SMILES string of the molecule is C=CCn1c(SCC(=O)Nc2ccc(C)cc2)nc2sc3c(c2c1=O)CCCC3. The van der Waals surface area contributed by atoms with E-state index in [0.29, 0.717) is 11.7 Å². The van der Waals surface area contributed by atoms with Gasteiger partial charge in [0.15, 0.2) is 5.16 Å². The average molecular weight is 426 g/mol. The van der Waals surface area contributed by atoms with Crippen LogP contribution >= 0.6 is 23.1 Å². The van der Waals surface area contributed by atoms with Crippen molar-refractivity contribution in [3.8, 4) is 0 Å². The Labute approximate surface area is 177 Å². The number of thiophene rings is 1. The third-order valence-corrected chi connectivity index (χ3v) is 7.18. The fraction of sp³-hybridized carbons (Fsp3) is 0.318. The number of thioether (sulfide) groups is 1. The van der Waals surface area contributed by atoms with Gasteiger partial charge in [-0.3, -0.25) is 14.2 Å². The summed E-state index contributed by atoms with van der Waals surface area (Å²) in [4.78, 5) is 32.4. The first-order valence-electron chi connectivity index (χ1n) is 9.72. The van der Waals surface area contributed by atoms with Crippen molar-refractivity contribution in [3.05, 3.63) is 63.3 Å². The number of amides is 1. The number of hydrogen-bond acceptors (Lipinski definition) is 5. The minimum absolute atomic E-state index is 0.0178. The monoisotopic (exact) mass is 425 g/mol. The second kappa shape index (κ2) is 8.55. The highest BCUT2D eigenvalue weighted by atomic mass is 32.2. The van der Waals surface area contributed by atoms with Gasteiger partial charge in [0.25, 0.3) is 5.56 Å². The van der Waals surface area contributed by atoms with Crippen LogP contribution in [0.2, 0.25) is 0 Å². The van der Waals surface area contributed by atoms with Crippen molar-refractivity contribution in [3.63, 3.8) is 0 Å². The molecule has 0 radical (unpaired) electrons. The van der Waals surface area contributed by atoms with Gasteiger partial charge in [-0.25, -0.2) is 4.98 Å². The molecule has 7 heteroatoms. The van der Waals surface area contributed by atoms with Gasteiger partial charge in [-0.2, -0.15) is 0 Å². The van der Waals surface area contributed by atoms with Gasteiger partial charge in [0.2, 0.25) is 5.91 Å². The summed E-state index contributed by atoms with van der Waals surface area (Å²) >= 11 is 2.92. The zero-order valence-electron chi connectivity index (χ0n) is 16.4. The molecule has 4 rings (SSSR count). The number of benzene rings is 1. The molecule has 0 aliphatic heterocycles. The van der Waals surface area contributed by atoms with Crippen molar-refractivity contribution in [1.82, 2.24) is 9.55 Å². The fourth-order valence-electron chi connectivity index (χ4n) is 3.58. The minimum Gasteiger partial charge on any atom is -0.325 e. The van der Waals surface area contributed by atoms with E-state index in [4.69, 9.17) is 4.98 Å².